The molecule has 0 aromatic heterocycles. The molecule has 6 aliphatic rings. The third-order valence-electron chi connectivity index (χ3n) is 13.6. The van der Waals surface area contributed by atoms with Crippen molar-refractivity contribution in [2.24, 2.45) is 0 Å². The lowest BCUT2D eigenvalue weighted by Crippen LogP contribution is -2.55. The molecule has 17 heteroatoms. The zero-order chi connectivity index (χ0) is 44.9. The predicted molar refractivity (Wildman–Crippen MR) is 223 cm³/mol. The van der Waals surface area contributed by atoms with E-state index in [-0.39, 0.29) is 59.1 Å². The maximum Gasteiger partial charge on any atom is 0.246 e. The topological polar surface area (TPSA) is 218 Å². The largest absolute Gasteiger partial charge is 0.507 e. The summed E-state index contributed by atoms with van der Waals surface area (Å²) in [5.41, 5.74) is -2.60. The van der Waals surface area contributed by atoms with Gasteiger partial charge in [0.25, 0.3) is 0 Å². The molecule has 8 atom stereocenters. The minimum atomic E-state index is -2.29. The Morgan fingerprint density at radius 3 is 2.41 bits per heavy atom. The summed E-state index contributed by atoms with van der Waals surface area (Å²) in [4.78, 5) is 57.9. The van der Waals surface area contributed by atoms with Crippen LogP contribution in [0.3, 0.4) is 0 Å². The zero-order valence-electron chi connectivity index (χ0n) is 36.0. The van der Waals surface area contributed by atoms with E-state index in [1.807, 2.05) is 37.3 Å². The second-order valence-electron chi connectivity index (χ2n) is 17.4. The molecule has 3 saturated heterocycles. The van der Waals surface area contributed by atoms with E-state index < -0.39 is 102 Å². The summed E-state index contributed by atoms with van der Waals surface area (Å²) in [6.45, 7) is 2.15. The normalized spacial score (nSPS) is 29.5. The molecule has 3 heterocycles. The van der Waals surface area contributed by atoms with E-state index in [4.69, 9.17) is 37.9 Å². The summed E-state index contributed by atoms with van der Waals surface area (Å²) in [7, 11) is 2.89. The molecule has 1 saturated carbocycles. The summed E-state index contributed by atoms with van der Waals surface area (Å²) in [5.74, 6) is -5.15. The number of rotatable bonds is 13. The Morgan fingerprint density at radius 1 is 0.906 bits per heavy atom. The van der Waals surface area contributed by atoms with Gasteiger partial charge in [-0.3, -0.25) is 24.1 Å². The first-order valence-corrected chi connectivity index (χ1v) is 21.9. The van der Waals surface area contributed by atoms with Crippen molar-refractivity contribution in [2.45, 2.75) is 119 Å². The number of fused-ring (bicyclic) bond motifs is 6. The highest BCUT2D eigenvalue weighted by molar-refractivity contribution is 6.31. The zero-order valence-corrected chi connectivity index (χ0v) is 36.0. The summed E-state index contributed by atoms with van der Waals surface area (Å²) >= 11 is 0. The van der Waals surface area contributed by atoms with Gasteiger partial charge in [-0.1, -0.05) is 48.9 Å². The summed E-state index contributed by atoms with van der Waals surface area (Å²) < 4.78 is 48.6. The molecule has 0 radical (unpaired) electrons. The Labute approximate surface area is 369 Å². The van der Waals surface area contributed by atoms with Gasteiger partial charge in [-0.2, -0.15) is 0 Å². The van der Waals surface area contributed by atoms with Crippen molar-refractivity contribution in [3.63, 3.8) is 0 Å². The first kappa shape index (κ1) is 44.4. The number of carbonyl (C=O) groups is 4. The minimum absolute atomic E-state index is 0.0450. The molecule has 342 valence electrons. The van der Waals surface area contributed by atoms with E-state index in [0.717, 1.165) is 24.8 Å². The second-order valence-corrected chi connectivity index (χ2v) is 17.4. The summed E-state index contributed by atoms with van der Waals surface area (Å²) in [5, 5.41) is 39.6. The van der Waals surface area contributed by atoms with E-state index in [1.54, 1.807) is 7.11 Å². The van der Waals surface area contributed by atoms with Crippen LogP contribution in [0.2, 0.25) is 0 Å². The Bertz CT molecular complexity index is 2300. The number of amides is 1. The van der Waals surface area contributed by atoms with Gasteiger partial charge < -0.3 is 58.5 Å². The van der Waals surface area contributed by atoms with Gasteiger partial charge >= 0.3 is 0 Å². The maximum absolute atomic E-state index is 14.5. The first-order valence-electron chi connectivity index (χ1n) is 21.9. The van der Waals surface area contributed by atoms with Gasteiger partial charge in [0.1, 0.15) is 42.2 Å². The molecule has 64 heavy (non-hydrogen) atoms. The van der Waals surface area contributed by atoms with Crippen LogP contribution in [0.25, 0.3) is 0 Å². The fourth-order valence-electron chi connectivity index (χ4n) is 10.3. The first-order chi connectivity index (χ1) is 30.8. The van der Waals surface area contributed by atoms with Crippen molar-refractivity contribution in [3.8, 4) is 17.2 Å². The molecule has 0 unspecified atom stereocenters. The number of hydrogen-bond acceptors (Lipinski definition) is 16. The number of ether oxygens (including phenoxy) is 8. The highest BCUT2D eigenvalue weighted by Gasteiger charge is 2.55. The minimum Gasteiger partial charge on any atom is -0.507 e. The Hall–Kier alpha value is -4.82. The average molecular weight is 887 g/mol. The SMILES string of the molecule is COc1cccc2c1C(=O)c1c(O)c3c(c(O)c1C2=O)C[C@@](O)(C(=O)COC1(OCC(=O)NCc2ccccc2)CCCCC1)C[C@@H]3O[C@H]1C[C@H]2[C@H](O[C@@H]3[C@@H](OC)OCCN32)[C@H](C)O1. The lowest BCUT2D eigenvalue weighted by molar-refractivity contribution is -0.258. The number of phenols is 2. The number of morpholine rings is 1. The number of methoxy groups -OCH3 is 2. The number of phenolic OH excluding ortho intramolecular Hbond substituents is 2. The number of Topliss-reactive ketones (excluding diaryl/α,β-unsaturated/α-hetero) is 1. The van der Waals surface area contributed by atoms with Crippen molar-refractivity contribution >= 4 is 23.3 Å². The van der Waals surface area contributed by atoms with Crippen molar-refractivity contribution in [1.82, 2.24) is 10.2 Å². The molecule has 3 aliphatic carbocycles. The Morgan fingerprint density at radius 2 is 1.66 bits per heavy atom. The quantitative estimate of drug-likeness (QED) is 0.111. The fourth-order valence-corrected chi connectivity index (χ4v) is 10.3. The number of hydrogen-bond donors (Lipinski definition) is 4. The molecule has 3 aromatic carbocycles. The molecule has 3 aliphatic heterocycles. The Balaban J connectivity index is 1.01. The molecule has 0 bridgehead atoms. The van der Waals surface area contributed by atoms with Crippen LogP contribution < -0.4 is 10.1 Å². The molecule has 17 nitrogen and oxygen atoms in total. The van der Waals surface area contributed by atoms with E-state index in [1.165, 1.54) is 25.3 Å². The lowest BCUT2D eigenvalue weighted by Gasteiger charge is -2.43. The van der Waals surface area contributed by atoms with Gasteiger partial charge in [0.05, 0.1) is 42.6 Å². The van der Waals surface area contributed by atoms with Gasteiger partial charge in [-0.05, 0) is 31.4 Å². The number of aliphatic hydroxyl groups is 1. The molecule has 3 aromatic rings. The highest BCUT2D eigenvalue weighted by Crippen LogP contribution is 2.53. The number of benzene rings is 3. The lowest BCUT2D eigenvalue weighted by atomic mass is 9.72. The Kier molecular flexibility index (Phi) is 12.4. The molecule has 4 N–H and O–H groups in total. The van der Waals surface area contributed by atoms with Crippen molar-refractivity contribution in [2.75, 3.05) is 40.6 Å². The van der Waals surface area contributed by atoms with Crippen LogP contribution >= 0.6 is 0 Å². The summed E-state index contributed by atoms with van der Waals surface area (Å²) in [6.07, 6.45) is -1.93. The van der Waals surface area contributed by atoms with Gasteiger partial charge in [0, 0.05) is 75.0 Å². The average Bonchev–Trinajstić information content (AvgIpc) is 3.69. The molecular weight excluding hydrogens is 833 g/mol. The summed E-state index contributed by atoms with van der Waals surface area (Å²) in [6, 6.07) is 13.7. The fraction of sp³-hybridized carbons (Fsp3) is 0.532. The van der Waals surface area contributed by atoms with E-state index in [0.29, 0.717) is 32.5 Å². The van der Waals surface area contributed by atoms with E-state index in [9.17, 15) is 34.5 Å². The number of nitrogens with one attached hydrogen (secondary N) is 1. The van der Waals surface area contributed by atoms with E-state index >= 15 is 0 Å². The molecule has 0 spiro atoms. The van der Waals surface area contributed by atoms with Crippen LogP contribution in [0.1, 0.15) is 107 Å². The number of nitrogens with zero attached hydrogens (tertiary/aromatic N) is 1. The third-order valence-corrected chi connectivity index (χ3v) is 13.6. The molecule has 1 amide bonds. The molecule has 4 fully saturated rings. The van der Waals surface area contributed by atoms with Crippen LogP contribution in [0.15, 0.2) is 48.5 Å². The monoisotopic (exact) mass is 886 g/mol. The maximum atomic E-state index is 14.5. The van der Waals surface area contributed by atoms with Gasteiger partial charge in [0.2, 0.25) is 11.7 Å². The number of aromatic hydroxyl groups is 2. The van der Waals surface area contributed by atoms with Gasteiger partial charge in [0.15, 0.2) is 36.2 Å². The van der Waals surface area contributed by atoms with Gasteiger partial charge in [-0.25, -0.2) is 0 Å². The van der Waals surface area contributed by atoms with Crippen LogP contribution in [-0.4, -0.2) is 133 Å². The van der Waals surface area contributed by atoms with Crippen LogP contribution in [0, 0.1) is 0 Å². The third kappa shape index (κ3) is 8.00. The predicted octanol–water partition coefficient (Wildman–Crippen LogP) is 3.73. The van der Waals surface area contributed by atoms with Crippen LogP contribution in [0.5, 0.6) is 17.2 Å². The van der Waals surface area contributed by atoms with Gasteiger partial charge in [-0.15, -0.1) is 0 Å². The van der Waals surface area contributed by atoms with Crippen molar-refractivity contribution < 1.29 is 72.4 Å². The van der Waals surface area contributed by atoms with E-state index in [2.05, 4.69) is 10.2 Å². The molecular formula is C47H54N2O15. The standard InChI is InChI=1S/C47H54N2O15/c1-25-43-29(49-17-18-59-45(58-3)44(49)64-43)19-34(62-25)63-31-21-46(56,32(50)23-60-47(15-8-5-9-16-47)61-24-33(51)48-22-26-11-6-4-7-12-26)20-28-36(31)42(55)38-37(40(28)53)39(52)27-13-10-14-30(57-2)35(27)41(38)54/h4,6-7,10-14,25,29,31,34,43-45,53,55-56H,5,8-9,15-24H2,1-3H3,(H,48,51)/t25-,29-,31-,34-,43+,44+,45-,46-/m0/s1. The number of ketones is 3. The molecule has 9 rings (SSSR count). The highest BCUT2D eigenvalue weighted by atomic mass is 16.7. The van der Waals surface area contributed by atoms with Crippen molar-refractivity contribution in [3.05, 3.63) is 87.5 Å². The number of carbonyl (C=O) groups excluding carboxylic acids is 4. The van der Waals surface area contributed by atoms with Crippen molar-refractivity contribution in [1.29, 1.82) is 0 Å². The smallest absolute Gasteiger partial charge is 0.246 e. The second kappa shape index (κ2) is 17.9. The van der Waals surface area contributed by atoms with Crippen LogP contribution in [-0.2, 0) is 55.7 Å². The van der Waals surface area contributed by atoms with Crippen LogP contribution in [0.4, 0.5) is 0 Å².